The summed E-state index contributed by atoms with van der Waals surface area (Å²) in [5.74, 6) is -1.17. The maximum absolute atomic E-state index is 12.9. The Morgan fingerprint density at radius 2 is 1.84 bits per heavy atom. The van der Waals surface area contributed by atoms with Gasteiger partial charge in [-0.15, -0.1) is 11.3 Å². The van der Waals surface area contributed by atoms with E-state index in [0.29, 0.717) is 16.1 Å². The fourth-order valence-corrected chi connectivity index (χ4v) is 4.29. The highest BCUT2D eigenvalue weighted by Gasteiger charge is 2.23. The molecule has 0 spiro atoms. The molecule has 0 radical (unpaired) electrons. The number of rotatable bonds is 4. The average molecular weight is 358 g/mol. The molecule has 3 N–H and O–H groups in total. The van der Waals surface area contributed by atoms with E-state index in [1.54, 1.807) is 18.2 Å². The highest BCUT2D eigenvalue weighted by Crippen LogP contribution is 2.37. The Bertz CT molecular complexity index is 825. The van der Waals surface area contributed by atoms with Crippen LogP contribution >= 0.6 is 11.3 Å². The van der Waals surface area contributed by atoms with Crippen LogP contribution in [-0.4, -0.2) is 11.8 Å². The number of carbonyl (C=O) groups is 2. The van der Waals surface area contributed by atoms with E-state index in [2.05, 4.69) is 5.32 Å². The zero-order chi connectivity index (χ0) is 17.8. The van der Waals surface area contributed by atoms with E-state index < -0.39 is 5.91 Å². The quantitative estimate of drug-likeness (QED) is 0.642. The van der Waals surface area contributed by atoms with E-state index in [9.17, 15) is 14.0 Å². The second-order valence-corrected chi connectivity index (χ2v) is 7.11. The molecule has 1 aromatic heterocycles. The molecule has 2 aromatic rings. The van der Waals surface area contributed by atoms with Crippen molar-refractivity contribution < 1.29 is 14.0 Å². The van der Waals surface area contributed by atoms with Gasteiger partial charge in [-0.25, -0.2) is 4.39 Å². The second-order valence-electron chi connectivity index (χ2n) is 6.01. The molecule has 6 heteroatoms. The maximum atomic E-state index is 12.9. The van der Waals surface area contributed by atoms with E-state index in [1.165, 1.54) is 29.5 Å². The van der Waals surface area contributed by atoms with Gasteiger partial charge in [-0.3, -0.25) is 9.59 Å². The number of hydrogen-bond donors (Lipinski definition) is 2. The van der Waals surface area contributed by atoms with Crippen LogP contribution in [0.2, 0.25) is 0 Å². The predicted molar refractivity (Wildman–Crippen MR) is 98.2 cm³/mol. The number of hydrogen-bond acceptors (Lipinski definition) is 3. The standard InChI is InChI=1S/C19H19FN2O2S/c20-13-9-6-12(7-10-13)8-11-16(23)22-19-17(18(21)24)14-4-2-1-3-5-15(14)25-19/h6-11H,1-5H2,(H2,21,24)(H,22,23)/b11-8+. The fourth-order valence-electron chi connectivity index (χ4n) is 2.99. The number of aryl methyl sites for hydroxylation is 1. The van der Waals surface area contributed by atoms with Crippen molar-refractivity contribution in [3.05, 3.63) is 57.7 Å². The van der Waals surface area contributed by atoms with E-state index >= 15 is 0 Å². The molecule has 0 aliphatic heterocycles. The molecule has 4 nitrogen and oxygen atoms in total. The van der Waals surface area contributed by atoms with Gasteiger partial charge in [0.25, 0.3) is 5.91 Å². The van der Waals surface area contributed by atoms with Crippen molar-refractivity contribution in [1.29, 1.82) is 0 Å². The van der Waals surface area contributed by atoms with Crippen molar-refractivity contribution >= 4 is 34.2 Å². The summed E-state index contributed by atoms with van der Waals surface area (Å²) in [6.07, 6.45) is 7.96. The lowest BCUT2D eigenvalue weighted by Crippen LogP contribution is -2.16. The number of benzene rings is 1. The molecule has 1 aromatic carbocycles. The van der Waals surface area contributed by atoms with Crippen LogP contribution in [0.3, 0.4) is 0 Å². The second kappa shape index (κ2) is 7.61. The molecule has 0 atom stereocenters. The molecule has 0 saturated carbocycles. The van der Waals surface area contributed by atoms with Gasteiger partial charge in [-0.05, 0) is 55.0 Å². The molecule has 3 rings (SSSR count). The molecule has 2 amide bonds. The van der Waals surface area contributed by atoms with Gasteiger partial charge in [0, 0.05) is 11.0 Å². The van der Waals surface area contributed by atoms with Crippen LogP contribution in [0.15, 0.2) is 30.3 Å². The average Bonchev–Trinajstić information content (AvgIpc) is 2.75. The zero-order valence-electron chi connectivity index (χ0n) is 13.7. The first-order chi connectivity index (χ1) is 12.0. The van der Waals surface area contributed by atoms with Gasteiger partial charge in [0.05, 0.1) is 5.56 Å². The van der Waals surface area contributed by atoms with Crippen molar-refractivity contribution in [2.45, 2.75) is 32.1 Å². The van der Waals surface area contributed by atoms with Crippen molar-refractivity contribution in [3.8, 4) is 0 Å². The SMILES string of the molecule is NC(=O)c1c(NC(=O)/C=C/c2ccc(F)cc2)sc2c1CCCCC2. The summed E-state index contributed by atoms with van der Waals surface area (Å²) in [4.78, 5) is 25.2. The Labute approximate surface area is 149 Å². The van der Waals surface area contributed by atoms with Crippen LogP contribution in [0, 0.1) is 5.82 Å². The Kier molecular flexibility index (Phi) is 5.28. The smallest absolute Gasteiger partial charge is 0.251 e. The lowest BCUT2D eigenvalue weighted by Gasteiger charge is -2.04. The van der Waals surface area contributed by atoms with Gasteiger partial charge in [-0.2, -0.15) is 0 Å². The minimum atomic E-state index is -0.503. The molecule has 1 aliphatic carbocycles. The highest BCUT2D eigenvalue weighted by atomic mass is 32.1. The molecule has 130 valence electrons. The topological polar surface area (TPSA) is 72.2 Å². The van der Waals surface area contributed by atoms with Gasteiger partial charge in [0.15, 0.2) is 0 Å². The molecule has 0 unspecified atom stereocenters. The summed E-state index contributed by atoms with van der Waals surface area (Å²) in [6.45, 7) is 0. The van der Waals surface area contributed by atoms with Gasteiger partial charge >= 0.3 is 0 Å². The van der Waals surface area contributed by atoms with Gasteiger partial charge < -0.3 is 11.1 Å². The molecule has 0 saturated heterocycles. The monoisotopic (exact) mass is 358 g/mol. The number of thiophene rings is 1. The first-order valence-electron chi connectivity index (χ1n) is 8.23. The summed E-state index contributed by atoms with van der Waals surface area (Å²) in [7, 11) is 0. The maximum Gasteiger partial charge on any atom is 0.251 e. The third-order valence-corrected chi connectivity index (χ3v) is 5.41. The van der Waals surface area contributed by atoms with E-state index in [4.69, 9.17) is 5.73 Å². The highest BCUT2D eigenvalue weighted by molar-refractivity contribution is 7.17. The summed E-state index contributed by atoms with van der Waals surface area (Å²) < 4.78 is 12.9. The van der Waals surface area contributed by atoms with E-state index in [0.717, 1.165) is 42.5 Å². The number of anilines is 1. The lowest BCUT2D eigenvalue weighted by molar-refractivity contribution is -0.111. The number of nitrogens with one attached hydrogen (secondary N) is 1. The number of amides is 2. The van der Waals surface area contributed by atoms with Crippen LogP contribution in [0.25, 0.3) is 6.08 Å². The Morgan fingerprint density at radius 3 is 2.56 bits per heavy atom. The summed E-state index contributed by atoms with van der Waals surface area (Å²) >= 11 is 1.44. The summed E-state index contributed by atoms with van der Waals surface area (Å²) in [5.41, 5.74) is 7.71. The van der Waals surface area contributed by atoms with Crippen molar-refractivity contribution in [1.82, 2.24) is 0 Å². The Hall–Kier alpha value is -2.47. The summed E-state index contributed by atoms with van der Waals surface area (Å²) in [5, 5.41) is 3.29. The number of carbonyl (C=O) groups excluding carboxylic acids is 2. The Balaban J connectivity index is 1.79. The largest absolute Gasteiger partial charge is 0.365 e. The van der Waals surface area contributed by atoms with Crippen LogP contribution in [0.4, 0.5) is 9.39 Å². The van der Waals surface area contributed by atoms with E-state index in [1.807, 2.05) is 0 Å². The molecule has 25 heavy (non-hydrogen) atoms. The molecular formula is C19H19FN2O2S. The van der Waals surface area contributed by atoms with Crippen molar-refractivity contribution in [2.75, 3.05) is 5.32 Å². The van der Waals surface area contributed by atoms with Crippen LogP contribution < -0.4 is 11.1 Å². The minimum Gasteiger partial charge on any atom is -0.365 e. The molecule has 0 fully saturated rings. The van der Waals surface area contributed by atoms with Crippen molar-refractivity contribution in [2.24, 2.45) is 5.73 Å². The first-order valence-corrected chi connectivity index (χ1v) is 9.05. The number of fused-ring (bicyclic) bond motifs is 1. The van der Waals surface area contributed by atoms with Gasteiger partial charge in [-0.1, -0.05) is 18.6 Å². The normalized spacial score (nSPS) is 14.1. The molecule has 0 bridgehead atoms. The third kappa shape index (κ3) is 4.14. The number of nitrogens with two attached hydrogens (primary N) is 1. The molecule has 1 heterocycles. The fraction of sp³-hybridized carbons (Fsp3) is 0.263. The predicted octanol–water partition coefficient (Wildman–Crippen LogP) is 3.91. The van der Waals surface area contributed by atoms with Crippen molar-refractivity contribution in [3.63, 3.8) is 0 Å². The summed E-state index contributed by atoms with van der Waals surface area (Å²) in [6, 6.07) is 5.83. The van der Waals surface area contributed by atoms with Gasteiger partial charge in [0.1, 0.15) is 10.8 Å². The van der Waals surface area contributed by atoms with E-state index in [-0.39, 0.29) is 11.7 Å². The third-order valence-electron chi connectivity index (χ3n) is 4.20. The van der Waals surface area contributed by atoms with Crippen LogP contribution in [0.5, 0.6) is 0 Å². The van der Waals surface area contributed by atoms with Crippen LogP contribution in [0.1, 0.15) is 45.6 Å². The Morgan fingerprint density at radius 1 is 1.12 bits per heavy atom. The van der Waals surface area contributed by atoms with Crippen LogP contribution in [-0.2, 0) is 17.6 Å². The number of primary amides is 1. The lowest BCUT2D eigenvalue weighted by atomic mass is 10.1. The minimum absolute atomic E-state index is 0.326. The number of halogens is 1. The first kappa shape index (κ1) is 17.4. The van der Waals surface area contributed by atoms with Gasteiger partial charge in [0.2, 0.25) is 5.91 Å². The zero-order valence-corrected chi connectivity index (χ0v) is 14.5. The molecule has 1 aliphatic rings. The molecular weight excluding hydrogens is 339 g/mol.